The van der Waals surface area contributed by atoms with Gasteiger partial charge in [0.1, 0.15) is 11.6 Å². The second kappa shape index (κ2) is 14.2. The minimum Gasteiger partial charge on any atom is -0.481 e. The van der Waals surface area contributed by atoms with Crippen molar-refractivity contribution in [2.24, 2.45) is 32.5 Å². The molecule has 4 bridgehead atoms. The molecular formula is C48H54F2N2O3. The predicted molar refractivity (Wildman–Crippen MR) is 213 cm³/mol. The largest absolute Gasteiger partial charge is 0.481 e. The van der Waals surface area contributed by atoms with Crippen molar-refractivity contribution in [1.29, 1.82) is 0 Å². The number of aryl methyl sites for hydroxylation is 2. The van der Waals surface area contributed by atoms with Crippen LogP contribution in [0.1, 0.15) is 101 Å². The van der Waals surface area contributed by atoms with Gasteiger partial charge in [-0.3, -0.25) is 9.59 Å². The van der Waals surface area contributed by atoms with Crippen LogP contribution in [0.5, 0.6) is 0 Å². The van der Waals surface area contributed by atoms with E-state index >= 15 is 0 Å². The lowest BCUT2D eigenvalue weighted by Crippen LogP contribution is -2.72. The zero-order valence-electron chi connectivity index (χ0n) is 31.8. The van der Waals surface area contributed by atoms with Crippen LogP contribution in [0.25, 0.3) is 0 Å². The molecule has 0 saturated heterocycles. The molecule has 8 aliphatic carbocycles. The fourth-order valence-electron chi connectivity index (χ4n) is 11.9. The monoisotopic (exact) mass is 744 g/mol. The van der Waals surface area contributed by atoms with Crippen LogP contribution in [-0.2, 0) is 22.4 Å². The highest BCUT2D eigenvalue weighted by atomic mass is 19.1. The van der Waals surface area contributed by atoms with Gasteiger partial charge in [-0.25, -0.2) is 8.78 Å². The van der Waals surface area contributed by atoms with E-state index in [1.165, 1.54) is 98.9 Å². The summed E-state index contributed by atoms with van der Waals surface area (Å²) in [5, 5.41) is 12.7. The van der Waals surface area contributed by atoms with E-state index in [1.807, 2.05) is 0 Å². The van der Waals surface area contributed by atoms with Crippen molar-refractivity contribution in [1.82, 2.24) is 0 Å². The average molecular weight is 745 g/mol. The zero-order chi connectivity index (χ0) is 38.4. The summed E-state index contributed by atoms with van der Waals surface area (Å²) in [6.07, 6.45) is 18.1. The molecule has 8 aliphatic rings. The molecular weight excluding hydrogens is 691 g/mol. The van der Waals surface area contributed by atoms with Gasteiger partial charge in [0.2, 0.25) is 5.91 Å². The smallest absolute Gasteiger partial charge is 0.310 e. The first-order chi connectivity index (χ1) is 26.4. The lowest BCUT2D eigenvalue weighted by molar-refractivity contribution is -0.290. The molecule has 7 heteroatoms. The summed E-state index contributed by atoms with van der Waals surface area (Å²) >= 11 is 0. The molecule has 8 saturated carbocycles. The molecule has 288 valence electrons. The Morgan fingerprint density at radius 3 is 1.35 bits per heavy atom. The molecule has 12 rings (SSSR count). The first kappa shape index (κ1) is 37.4. The zero-order valence-corrected chi connectivity index (χ0v) is 31.8. The van der Waals surface area contributed by atoms with E-state index in [4.69, 9.17) is 5.73 Å². The van der Waals surface area contributed by atoms with E-state index in [9.17, 15) is 23.5 Å². The van der Waals surface area contributed by atoms with Crippen LogP contribution < -0.4 is 11.1 Å². The Morgan fingerprint density at radius 2 is 0.982 bits per heavy atom. The van der Waals surface area contributed by atoms with Gasteiger partial charge in [0.05, 0.1) is 10.8 Å². The number of rotatable bonds is 11. The quantitative estimate of drug-likeness (QED) is 0.133. The summed E-state index contributed by atoms with van der Waals surface area (Å²) in [5.74, 6) is -0.873. The highest BCUT2D eigenvalue weighted by Gasteiger charge is 2.78. The highest BCUT2D eigenvalue weighted by Crippen LogP contribution is 2.84. The van der Waals surface area contributed by atoms with Crippen LogP contribution in [0, 0.1) is 44.1 Å². The summed E-state index contributed by atoms with van der Waals surface area (Å²) < 4.78 is 25.2. The van der Waals surface area contributed by atoms with Gasteiger partial charge in [0, 0.05) is 11.4 Å². The number of nitrogens with one attached hydrogen (secondary N) is 1. The molecule has 0 heterocycles. The third-order valence-electron chi connectivity index (χ3n) is 15.1. The lowest BCUT2D eigenvalue weighted by Gasteiger charge is -2.78. The van der Waals surface area contributed by atoms with Crippen LogP contribution >= 0.6 is 0 Å². The second-order valence-corrected chi connectivity index (χ2v) is 18.3. The maximum atomic E-state index is 13.1. The number of carbonyl (C=O) groups is 2. The molecule has 0 atom stereocenters. The predicted octanol–water partition coefficient (Wildman–Crippen LogP) is 11.2. The van der Waals surface area contributed by atoms with E-state index in [2.05, 4.69) is 66.0 Å². The molecule has 0 aromatic heterocycles. The highest BCUT2D eigenvalue weighted by molar-refractivity contribution is 5.97. The number of nitrogens with two attached hydrogens (primary N) is 1. The molecule has 55 heavy (non-hydrogen) atoms. The number of carbonyl (C=O) groups excluding carboxylic acids is 1. The van der Waals surface area contributed by atoms with E-state index in [1.54, 1.807) is 12.1 Å². The molecule has 4 N–H and O–H groups in total. The number of carboxylic acids is 1. The third-order valence-corrected chi connectivity index (χ3v) is 15.1. The number of carboxylic acid groups (broad SMARTS) is 1. The molecule has 8 fully saturated rings. The van der Waals surface area contributed by atoms with Crippen LogP contribution in [-0.4, -0.2) is 17.0 Å². The Kier molecular flexibility index (Phi) is 9.66. The van der Waals surface area contributed by atoms with Crippen molar-refractivity contribution in [3.8, 4) is 0 Å². The lowest BCUT2D eigenvalue weighted by atomic mass is 9.25. The second-order valence-electron chi connectivity index (χ2n) is 18.3. The number of hydrogen-bond donors (Lipinski definition) is 3. The first-order valence-corrected chi connectivity index (χ1v) is 20.3. The van der Waals surface area contributed by atoms with Crippen LogP contribution in [0.15, 0.2) is 109 Å². The number of benzene rings is 4. The number of anilines is 2. The standard InChI is InChI=1S/C24H26FNO.C18H22O2.C6H6FN/c25-19-7-9-20(10-8-19)26-21(27)24(12-4-13-24)23-15-22(16-23,17-23)14-11-18-5-2-1-3-6-18;19-15(20)18(8-4-9-18)17-11-16(12-17,13-17)10-7-14-5-2-1-3-6-14;7-5-1-3-6(8)4-2-5/h1-3,5-10H,4,11-17H2,(H,26,27);1-3,5-6H,4,7-13H2,(H,19,20);1-4H,8H2. The minimum atomic E-state index is -0.514. The summed E-state index contributed by atoms with van der Waals surface area (Å²) in [7, 11) is 0. The number of halogens is 2. The van der Waals surface area contributed by atoms with E-state index in [-0.39, 0.29) is 39.2 Å². The minimum absolute atomic E-state index is 0.164. The van der Waals surface area contributed by atoms with Gasteiger partial charge >= 0.3 is 5.97 Å². The fraction of sp³-hybridized carbons (Fsp3) is 0.458. The number of amides is 1. The normalized spacial score (nSPS) is 29.2. The molecule has 0 spiro atoms. The van der Waals surface area contributed by atoms with Crippen LogP contribution in [0.3, 0.4) is 0 Å². The molecule has 0 unspecified atom stereocenters. The van der Waals surface area contributed by atoms with Gasteiger partial charge < -0.3 is 16.2 Å². The molecule has 1 amide bonds. The van der Waals surface area contributed by atoms with Crippen molar-refractivity contribution in [3.63, 3.8) is 0 Å². The van der Waals surface area contributed by atoms with Crippen LogP contribution in [0.4, 0.5) is 20.2 Å². The van der Waals surface area contributed by atoms with Gasteiger partial charge in [-0.1, -0.05) is 73.5 Å². The van der Waals surface area contributed by atoms with E-state index < -0.39 is 5.97 Å². The Bertz CT molecular complexity index is 1930. The van der Waals surface area contributed by atoms with Crippen LogP contribution in [0.2, 0.25) is 0 Å². The molecule has 4 aromatic rings. The maximum Gasteiger partial charge on any atom is 0.310 e. The Hall–Kier alpha value is -4.52. The average Bonchev–Trinajstić information content (AvgIpc) is 3.07. The number of hydrogen-bond acceptors (Lipinski definition) is 3. The molecule has 0 aliphatic heterocycles. The topological polar surface area (TPSA) is 92.4 Å². The van der Waals surface area contributed by atoms with Crippen molar-refractivity contribution < 1.29 is 23.5 Å². The van der Waals surface area contributed by atoms with Gasteiger partial charge in [-0.2, -0.15) is 0 Å². The van der Waals surface area contributed by atoms with Crippen molar-refractivity contribution in [2.75, 3.05) is 11.1 Å². The van der Waals surface area contributed by atoms with Gasteiger partial charge in [-0.15, -0.1) is 0 Å². The Labute approximate surface area is 324 Å². The number of nitrogen functional groups attached to an aromatic ring is 1. The summed E-state index contributed by atoms with van der Waals surface area (Å²) in [6.45, 7) is 0. The molecule has 5 nitrogen and oxygen atoms in total. The maximum absolute atomic E-state index is 13.1. The van der Waals surface area contributed by atoms with Crippen molar-refractivity contribution >= 4 is 23.3 Å². The summed E-state index contributed by atoms with van der Waals surface area (Å²) in [5.41, 5.74) is 10.3. The van der Waals surface area contributed by atoms with E-state index in [0.29, 0.717) is 22.2 Å². The number of aliphatic carboxylic acids is 1. The first-order valence-electron chi connectivity index (χ1n) is 20.3. The van der Waals surface area contributed by atoms with Crippen molar-refractivity contribution in [3.05, 3.63) is 132 Å². The van der Waals surface area contributed by atoms with Gasteiger partial charge in [-0.05, 0) is 171 Å². The summed E-state index contributed by atoms with van der Waals surface area (Å²) in [6, 6.07) is 33.2. The Morgan fingerprint density at radius 1 is 0.582 bits per heavy atom. The van der Waals surface area contributed by atoms with Crippen molar-refractivity contribution in [2.45, 2.75) is 103 Å². The summed E-state index contributed by atoms with van der Waals surface area (Å²) in [4.78, 5) is 24.8. The molecule has 0 radical (unpaired) electrons. The third kappa shape index (κ3) is 6.65. The Balaban J connectivity index is 0.000000133. The van der Waals surface area contributed by atoms with E-state index in [0.717, 1.165) is 51.4 Å². The molecule has 4 aromatic carbocycles. The fourth-order valence-corrected chi connectivity index (χ4v) is 11.9. The van der Waals surface area contributed by atoms with Gasteiger partial charge in [0.25, 0.3) is 0 Å². The van der Waals surface area contributed by atoms with Gasteiger partial charge in [0.15, 0.2) is 0 Å². The SMILES string of the molecule is Nc1ccc(F)cc1.O=C(Nc1ccc(F)cc1)C1(C23CC(CCc4ccccc4)(C2)C3)CCC1.O=C(O)C1(C23CC(CCc4ccccc4)(C2)C3)CCC1.